The molecule has 1 heterocycles. The van der Waals surface area contributed by atoms with Gasteiger partial charge in [0, 0.05) is 17.4 Å². The number of carbonyl (C=O) groups excluding carboxylic acids is 2. The molecule has 1 aromatic heterocycles. The van der Waals surface area contributed by atoms with Gasteiger partial charge in [0.15, 0.2) is 0 Å². The highest BCUT2D eigenvalue weighted by Gasteiger charge is 2.22. The van der Waals surface area contributed by atoms with E-state index in [0.717, 1.165) is 19.3 Å². The molecule has 0 atom stereocenters. The van der Waals surface area contributed by atoms with E-state index >= 15 is 0 Å². The van der Waals surface area contributed by atoms with Crippen LogP contribution in [0.25, 0.3) is 11.1 Å². The Hall–Kier alpha value is -2.21. The second kappa shape index (κ2) is 14.0. The summed E-state index contributed by atoms with van der Waals surface area (Å²) in [7, 11) is 0. The maximum Gasteiger partial charge on any atom is 0.341 e. The number of ether oxygens (including phenoxy) is 1. The molecule has 1 amide bonds. The van der Waals surface area contributed by atoms with E-state index in [1.807, 2.05) is 0 Å². The van der Waals surface area contributed by atoms with Gasteiger partial charge < -0.3 is 10.1 Å². The number of benzene rings is 1. The van der Waals surface area contributed by atoms with Gasteiger partial charge in [-0.1, -0.05) is 70.4 Å². The first kappa shape index (κ1) is 25.1. The van der Waals surface area contributed by atoms with E-state index in [1.165, 1.54) is 62.0 Å². The number of carbonyl (C=O) groups is 2. The number of hydrogen-bond donors (Lipinski definition) is 1. The van der Waals surface area contributed by atoms with Crippen molar-refractivity contribution in [3.05, 3.63) is 41.0 Å². The Kier molecular flexibility index (Phi) is 11.3. The summed E-state index contributed by atoms with van der Waals surface area (Å²) in [5.41, 5.74) is 1.68. The van der Waals surface area contributed by atoms with Gasteiger partial charge in [-0.25, -0.2) is 9.18 Å². The Bertz CT molecular complexity index is 817. The molecule has 2 rings (SSSR count). The Balaban J connectivity index is 1.89. The topological polar surface area (TPSA) is 55.4 Å². The largest absolute Gasteiger partial charge is 0.462 e. The Morgan fingerprint density at radius 2 is 1.55 bits per heavy atom. The van der Waals surface area contributed by atoms with Crippen molar-refractivity contribution in [1.29, 1.82) is 0 Å². The summed E-state index contributed by atoms with van der Waals surface area (Å²) in [5, 5.41) is 5.17. The van der Waals surface area contributed by atoms with E-state index in [0.29, 0.717) is 28.1 Å². The molecular formula is C25H34FNO3S. The fraction of sp³-hybridized carbons (Fsp3) is 0.520. The van der Waals surface area contributed by atoms with Crippen LogP contribution in [0, 0.1) is 5.82 Å². The quantitative estimate of drug-likeness (QED) is 0.240. The summed E-state index contributed by atoms with van der Waals surface area (Å²) < 4.78 is 18.5. The SMILES string of the molecule is CCCCCCCCCCCC(=O)Nc1scc(-c2ccc(F)cc2)c1C(=O)OCC. The molecule has 0 saturated carbocycles. The zero-order chi connectivity index (χ0) is 22.5. The van der Waals surface area contributed by atoms with Crippen LogP contribution in [0.15, 0.2) is 29.6 Å². The Morgan fingerprint density at radius 3 is 2.16 bits per heavy atom. The fourth-order valence-electron chi connectivity index (χ4n) is 3.48. The van der Waals surface area contributed by atoms with E-state index in [2.05, 4.69) is 12.2 Å². The number of hydrogen-bond acceptors (Lipinski definition) is 4. The predicted molar refractivity (Wildman–Crippen MR) is 126 cm³/mol. The molecule has 0 fully saturated rings. The van der Waals surface area contributed by atoms with E-state index in [4.69, 9.17) is 4.74 Å². The van der Waals surface area contributed by atoms with Crippen molar-refractivity contribution in [2.24, 2.45) is 0 Å². The van der Waals surface area contributed by atoms with Crippen LogP contribution in [0.3, 0.4) is 0 Å². The van der Waals surface area contributed by atoms with Crippen molar-refractivity contribution in [1.82, 2.24) is 0 Å². The van der Waals surface area contributed by atoms with Gasteiger partial charge in [0.25, 0.3) is 0 Å². The average Bonchev–Trinajstić information content (AvgIpc) is 3.16. The van der Waals surface area contributed by atoms with Crippen LogP contribution in [0.5, 0.6) is 0 Å². The molecular weight excluding hydrogens is 413 g/mol. The molecule has 31 heavy (non-hydrogen) atoms. The molecule has 0 radical (unpaired) electrons. The molecule has 0 aliphatic heterocycles. The first-order chi connectivity index (χ1) is 15.1. The average molecular weight is 448 g/mol. The lowest BCUT2D eigenvalue weighted by molar-refractivity contribution is -0.116. The molecule has 1 N–H and O–H groups in total. The van der Waals surface area contributed by atoms with Crippen molar-refractivity contribution < 1.29 is 18.7 Å². The summed E-state index contributed by atoms with van der Waals surface area (Å²) in [5.74, 6) is -0.923. The van der Waals surface area contributed by atoms with Crippen LogP contribution in [0.1, 0.15) is 88.4 Å². The monoisotopic (exact) mass is 447 g/mol. The maximum absolute atomic E-state index is 13.3. The number of anilines is 1. The molecule has 0 unspecified atom stereocenters. The van der Waals surface area contributed by atoms with Crippen molar-refractivity contribution >= 4 is 28.2 Å². The minimum atomic E-state index is -0.485. The molecule has 0 bridgehead atoms. The molecule has 0 spiro atoms. The third kappa shape index (κ3) is 8.44. The van der Waals surface area contributed by atoms with Crippen molar-refractivity contribution in [3.63, 3.8) is 0 Å². The van der Waals surface area contributed by atoms with Gasteiger partial charge in [0.1, 0.15) is 16.4 Å². The Morgan fingerprint density at radius 1 is 0.935 bits per heavy atom. The first-order valence-corrected chi connectivity index (χ1v) is 12.3. The lowest BCUT2D eigenvalue weighted by Gasteiger charge is -2.09. The summed E-state index contributed by atoms with van der Waals surface area (Å²) in [4.78, 5) is 25.0. The van der Waals surface area contributed by atoms with Gasteiger partial charge in [-0.05, 0) is 31.0 Å². The zero-order valence-electron chi connectivity index (χ0n) is 18.7. The lowest BCUT2D eigenvalue weighted by atomic mass is 10.0. The van der Waals surface area contributed by atoms with Crippen molar-refractivity contribution in [3.8, 4) is 11.1 Å². The van der Waals surface area contributed by atoms with Crippen LogP contribution in [0.2, 0.25) is 0 Å². The minimum Gasteiger partial charge on any atom is -0.462 e. The Labute approximate surface area is 189 Å². The molecule has 1 aromatic carbocycles. The highest BCUT2D eigenvalue weighted by atomic mass is 32.1. The molecule has 6 heteroatoms. The second-order valence-corrected chi connectivity index (χ2v) is 8.59. The van der Waals surface area contributed by atoms with Crippen molar-refractivity contribution in [2.75, 3.05) is 11.9 Å². The number of esters is 1. The highest BCUT2D eigenvalue weighted by molar-refractivity contribution is 7.15. The molecule has 0 saturated heterocycles. The normalized spacial score (nSPS) is 10.8. The summed E-state index contributed by atoms with van der Waals surface area (Å²) in [6.07, 6.45) is 11.2. The molecule has 170 valence electrons. The smallest absolute Gasteiger partial charge is 0.341 e. The number of unbranched alkanes of at least 4 members (excludes halogenated alkanes) is 8. The van der Waals surface area contributed by atoms with Crippen molar-refractivity contribution in [2.45, 2.75) is 78.1 Å². The van der Waals surface area contributed by atoms with Crippen LogP contribution >= 0.6 is 11.3 Å². The van der Waals surface area contributed by atoms with Gasteiger partial charge in [0.05, 0.1) is 6.61 Å². The van der Waals surface area contributed by atoms with Crippen LogP contribution in [-0.4, -0.2) is 18.5 Å². The van der Waals surface area contributed by atoms with E-state index in [-0.39, 0.29) is 18.3 Å². The molecule has 4 nitrogen and oxygen atoms in total. The van der Waals surface area contributed by atoms with Gasteiger partial charge in [0.2, 0.25) is 5.91 Å². The van der Waals surface area contributed by atoms with E-state index < -0.39 is 5.97 Å². The van der Waals surface area contributed by atoms with Crippen LogP contribution < -0.4 is 5.32 Å². The van der Waals surface area contributed by atoms with E-state index in [9.17, 15) is 14.0 Å². The number of rotatable bonds is 14. The molecule has 2 aromatic rings. The summed E-state index contributed by atoms with van der Waals surface area (Å²) in [6, 6.07) is 5.94. The van der Waals surface area contributed by atoms with Crippen LogP contribution in [0.4, 0.5) is 9.39 Å². The summed E-state index contributed by atoms with van der Waals surface area (Å²) in [6.45, 7) is 4.20. The summed E-state index contributed by atoms with van der Waals surface area (Å²) >= 11 is 1.29. The van der Waals surface area contributed by atoms with Gasteiger partial charge in [-0.15, -0.1) is 11.3 Å². The van der Waals surface area contributed by atoms with Gasteiger partial charge in [-0.2, -0.15) is 0 Å². The standard InChI is InChI=1S/C25H34FNO3S/c1-3-5-6-7-8-9-10-11-12-13-22(28)27-24-23(25(29)30-4-2)21(18-31-24)19-14-16-20(26)17-15-19/h14-18H,3-13H2,1-2H3,(H,27,28). The van der Waals surface area contributed by atoms with Gasteiger partial charge in [-0.3, -0.25) is 4.79 Å². The molecule has 0 aliphatic carbocycles. The number of amides is 1. The number of thiophene rings is 1. The van der Waals surface area contributed by atoms with Crippen LogP contribution in [-0.2, 0) is 9.53 Å². The maximum atomic E-state index is 13.3. The third-order valence-corrected chi connectivity index (χ3v) is 6.08. The predicted octanol–water partition coefficient (Wildman–Crippen LogP) is 7.59. The first-order valence-electron chi connectivity index (χ1n) is 11.4. The fourth-order valence-corrected chi connectivity index (χ4v) is 4.46. The van der Waals surface area contributed by atoms with Gasteiger partial charge >= 0.3 is 5.97 Å². The molecule has 0 aliphatic rings. The third-order valence-electron chi connectivity index (χ3n) is 5.19. The highest BCUT2D eigenvalue weighted by Crippen LogP contribution is 2.36. The number of halogens is 1. The number of nitrogens with one attached hydrogen (secondary N) is 1. The van der Waals surface area contributed by atoms with E-state index in [1.54, 1.807) is 24.4 Å². The zero-order valence-corrected chi connectivity index (χ0v) is 19.5. The lowest BCUT2D eigenvalue weighted by Crippen LogP contribution is -2.14. The minimum absolute atomic E-state index is 0.0963. The second-order valence-electron chi connectivity index (χ2n) is 7.71.